The summed E-state index contributed by atoms with van der Waals surface area (Å²) in [5.41, 5.74) is 3.45. The number of nitrogens with one attached hydrogen (secondary N) is 1. The second kappa shape index (κ2) is 6.98. The zero-order valence-corrected chi connectivity index (χ0v) is 14.9. The van der Waals surface area contributed by atoms with E-state index < -0.39 is 17.8 Å². The minimum Gasteiger partial charge on any atom is -0.550 e. The van der Waals surface area contributed by atoms with E-state index in [-0.39, 0.29) is 11.3 Å². The number of carbonyl (C=O) groups excluding carboxylic acids is 2. The molecule has 2 aliphatic rings. The van der Waals surface area contributed by atoms with Gasteiger partial charge >= 0.3 is 0 Å². The van der Waals surface area contributed by atoms with Crippen molar-refractivity contribution in [2.24, 2.45) is 17.3 Å². The van der Waals surface area contributed by atoms with Crippen molar-refractivity contribution in [1.82, 2.24) is 10.3 Å². The Balaban J connectivity index is 1.76. The lowest BCUT2D eigenvalue weighted by Crippen LogP contribution is -2.46. The van der Waals surface area contributed by atoms with E-state index in [2.05, 4.69) is 24.1 Å². The first-order valence-electron chi connectivity index (χ1n) is 8.97. The van der Waals surface area contributed by atoms with Gasteiger partial charge in [-0.15, -0.1) is 0 Å². The number of amides is 1. The number of pyridine rings is 1. The van der Waals surface area contributed by atoms with Gasteiger partial charge in [-0.3, -0.25) is 9.78 Å². The molecule has 1 N–H and O–H groups in total. The molecule has 25 heavy (non-hydrogen) atoms. The van der Waals surface area contributed by atoms with E-state index in [1.807, 2.05) is 12.1 Å². The van der Waals surface area contributed by atoms with Crippen molar-refractivity contribution in [3.05, 3.63) is 41.2 Å². The van der Waals surface area contributed by atoms with Gasteiger partial charge < -0.3 is 15.2 Å². The van der Waals surface area contributed by atoms with E-state index >= 15 is 0 Å². The van der Waals surface area contributed by atoms with Gasteiger partial charge in [-0.05, 0) is 49.1 Å². The number of nitrogens with zero attached hydrogens (tertiary/aromatic N) is 1. The summed E-state index contributed by atoms with van der Waals surface area (Å²) in [6.45, 7) is 4.72. The number of aromatic nitrogens is 1. The van der Waals surface area contributed by atoms with Gasteiger partial charge in [0, 0.05) is 36.7 Å². The number of carboxylic acid groups (broad SMARTS) is 1. The Bertz CT molecular complexity index is 694. The van der Waals surface area contributed by atoms with Crippen LogP contribution in [-0.2, 0) is 16.1 Å². The second-order valence-corrected chi connectivity index (χ2v) is 7.84. The smallest absolute Gasteiger partial charge is 0.224 e. The van der Waals surface area contributed by atoms with E-state index in [4.69, 9.17) is 0 Å². The fourth-order valence-electron chi connectivity index (χ4n) is 4.29. The summed E-state index contributed by atoms with van der Waals surface area (Å²) in [6, 6.07) is 3.70. The second-order valence-electron chi connectivity index (χ2n) is 7.84. The molecule has 0 radical (unpaired) electrons. The van der Waals surface area contributed by atoms with Crippen molar-refractivity contribution in [1.29, 1.82) is 0 Å². The van der Waals surface area contributed by atoms with Gasteiger partial charge in [0.05, 0.1) is 0 Å². The molecule has 0 bridgehead atoms. The summed E-state index contributed by atoms with van der Waals surface area (Å²) < 4.78 is 0. The number of rotatable bonds is 4. The number of carboxylic acids is 1. The normalized spacial score (nSPS) is 25.2. The van der Waals surface area contributed by atoms with E-state index in [0.717, 1.165) is 24.8 Å². The summed E-state index contributed by atoms with van der Waals surface area (Å²) in [4.78, 5) is 28.4. The Hall–Kier alpha value is -2.17. The van der Waals surface area contributed by atoms with Crippen LogP contribution in [0.15, 0.2) is 35.7 Å². The maximum Gasteiger partial charge on any atom is 0.224 e. The molecular weight excluding hydrogens is 316 g/mol. The maximum atomic E-state index is 12.7. The van der Waals surface area contributed by atoms with E-state index in [9.17, 15) is 14.7 Å². The SMILES string of the molecule is CC1(C)CCCC2=C1C[C@H](C(=O)[O-])[C@@H](C(=O)NCc1cccnc1)C2. The van der Waals surface area contributed by atoms with Crippen LogP contribution in [0.5, 0.6) is 0 Å². The molecule has 0 unspecified atom stereocenters. The number of allylic oxidation sites excluding steroid dienone is 2. The van der Waals surface area contributed by atoms with Crippen molar-refractivity contribution >= 4 is 11.9 Å². The quantitative estimate of drug-likeness (QED) is 0.849. The van der Waals surface area contributed by atoms with Crippen LogP contribution < -0.4 is 10.4 Å². The Morgan fingerprint density at radius 1 is 1.32 bits per heavy atom. The average Bonchev–Trinajstić information content (AvgIpc) is 2.59. The Morgan fingerprint density at radius 2 is 2.12 bits per heavy atom. The van der Waals surface area contributed by atoms with Crippen molar-refractivity contribution in [3.63, 3.8) is 0 Å². The van der Waals surface area contributed by atoms with Crippen molar-refractivity contribution in [3.8, 4) is 0 Å². The molecule has 2 atom stereocenters. The summed E-state index contributed by atoms with van der Waals surface area (Å²) in [6.07, 6.45) is 7.51. The topological polar surface area (TPSA) is 82.1 Å². The van der Waals surface area contributed by atoms with Gasteiger partial charge in [0.2, 0.25) is 5.91 Å². The number of aliphatic carboxylic acids is 1. The predicted molar refractivity (Wildman–Crippen MR) is 92.0 cm³/mol. The standard InChI is InChI=1S/C20H26N2O3/c1-20(2)7-3-6-14-9-15(16(19(24)25)10-17(14)20)18(23)22-12-13-5-4-8-21-11-13/h4-5,8,11,15-16H,3,6-7,9-10,12H2,1-2H3,(H,22,23)(H,24,25)/p-1/t15-,16-/m0/s1. The van der Waals surface area contributed by atoms with Crippen LogP contribution in [0.25, 0.3) is 0 Å². The van der Waals surface area contributed by atoms with E-state index in [1.165, 1.54) is 11.1 Å². The van der Waals surface area contributed by atoms with E-state index in [0.29, 0.717) is 19.4 Å². The molecule has 1 aromatic rings. The lowest BCUT2D eigenvalue weighted by Gasteiger charge is -2.43. The molecule has 5 heteroatoms. The zero-order valence-electron chi connectivity index (χ0n) is 14.9. The first-order chi connectivity index (χ1) is 11.9. The third-order valence-electron chi connectivity index (χ3n) is 5.73. The highest BCUT2D eigenvalue weighted by atomic mass is 16.4. The predicted octanol–water partition coefficient (Wildman–Crippen LogP) is 1.98. The molecule has 1 heterocycles. The highest BCUT2D eigenvalue weighted by Crippen LogP contribution is 2.49. The largest absolute Gasteiger partial charge is 0.550 e. The third-order valence-corrected chi connectivity index (χ3v) is 5.73. The molecule has 3 rings (SSSR count). The Labute approximate surface area is 148 Å². The lowest BCUT2D eigenvalue weighted by molar-refractivity contribution is -0.313. The van der Waals surface area contributed by atoms with Gasteiger partial charge in [0.15, 0.2) is 0 Å². The van der Waals surface area contributed by atoms with Crippen LogP contribution in [0, 0.1) is 17.3 Å². The molecule has 0 aromatic carbocycles. The van der Waals surface area contributed by atoms with Crippen LogP contribution in [-0.4, -0.2) is 16.9 Å². The van der Waals surface area contributed by atoms with Crippen molar-refractivity contribution in [2.45, 2.75) is 52.5 Å². The molecule has 0 aliphatic heterocycles. The fourth-order valence-corrected chi connectivity index (χ4v) is 4.29. The van der Waals surface area contributed by atoms with Gasteiger partial charge in [0.1, 0.15) is 0 Å². The van der Waals surface area contributed by atoms with Crippen LogP contribution in [0.4, 0.5) is 0 Å². The molecule has 134 valence electrons. The summed E-state index contributed by atoms with van der Waals surface area (Å²) in [7, 11) is 0. The maximum absolute atomic E-state index is 12.7. The van der Waals surface area contributed by atoms with Gasteiger partial charge in [-0.1, -0.05) is 31.1 Å². The highest BCUT2D eigenvalue weighted by Gasteiger charge is 2.41. The van der Waals surface area contributed by atoms with Gasteiger partial charge in [0.25, 0.3) is 0 Å². The molecule has 0 spiro atoms. The van der Waals surface area contributed by atoms with Crippen LogP contribution in [0.3, 0.4) is 0 Å². The minimum atomic E-state index is -1.12. The molecular formula is C20H25N2O3-. The van der Waals surface area contributed by atoms with Gasteiger partial charge in [-0.25, -0.2) is 0 Å². The molecule has 0 saturated carbocycles. The molecule has 5 nitrogen and oxygen atoms in total. The molecule has 1 amide bonds. The molecule has 0 fully saturated rings. The number of carbonyl (C=O) groups is 2. The van der Waals surface area contributed by atoms with Crippen LogP contribution >= 0.6 is 0 Å². The lowest BCUT2D eigenvalue weighted by atomic mass is 9.63. The average molecular weight is 341 g/mol. The molecule has 2 aliphatic carbocycles. The first-order valence-corrected chi connectivity index (χ1v) is 8.97. The first kappa shape index (κ1) is 17.6. The van der Waals surface area contributed by atoms with Crippen molar-refractivity contribution < 1.29 is 14.7 Å². The zero-order chi connectivity index (χ0) is 18.0. The summed E-state index contributed by atoms with van der Waals surface area (Å²) in [5.74, 6) is -2.61. The molecule has 0 saturated heterocycles. The number of hydrogen-bond donors (Lipinski definition) is 1. The summed E-state index contributed by atoms with van der Waals surface area (Å²) >= 11 is 0. The molecule has 1 aromatic heterocycles. The van der Waals surface area contributed by atoms with Crippen LogP contribution in [0.1, 0.15) is 51.5 Å². The van der Waals surface area contributed by atoms with Gasteiger partial charge in [-0.2, -0.15) is 0 Å². The highest BCUT2D eigenvalue weighted by molar-refractivity contribution is 5.85. The fraction of sp³-hybridized carbons (Fsp3) is 0.550. The van der Waals surface area contributed by atoms with Crippen LogP contribution in [0.2, 0.25) is 0 Å². The Kier molecular flexibility index (Phi) is 4.93. The summed E-state index contributed by atoms with van der Waals surface area (Å²) in [5, 5.41) is 14.6. The number of hydrogen-bond acceptors (Lipinski definition) is 4. The Morgan fingerprint density at radius 3 is 2.80 bits per heavy atom. The minimum absolute atomic E-state index is 0.0262. The monoisotopic (exact) mass is 341 g/mol. The third kappa shape index (κ3) is 3.75. The van der Waals surface area contributed by atoms with E-state index in [1.54, 1.807) is 12.4 Å². The van der Waals surface area contributed by atoms with Crippen molar-refractivity contribution in [2.75, 3.05) is 0 Å².